The molecule has 1 aliphatic heterocycles. The maximum absolute atomic E-state index is 13.5. The van der Waals surface area contributed by atoms with Crippen molar-refractivity contribution in [3.05, 3.63) is 37.3 Å². The zero-order chi connectivity index (χ0) is 21.3. The number of halogens is 2. The van der Waals surface area contributed by atoms with Crippen LogP contribution in [0, 0.1) is 11.8 Å². The number of carbonyl (C=O) groups excluding carboxylic acids is 1. The summed E-state index contributed by atoms with van der Waals surface area (Å²) in [6, 6.07) is 1.76. The monoisotopic (exact) mass is 417 g/mol. The average molecular weight is 417 g/mol. The number of fused-ring (bicyclic) bond motifs is 1. The van der Waals surface area contributed by atoms with Crippen LogP contribution in [-0.4, -0.2) is 61.7 Å². The summed E-state index contributed by atoms with van der Waals surface area (Å²) < 4.78 is 34.5. The number of anilines is 2. The van der Waals surface area contributed by atoms with E-state index >= 15 is 0 Å². The van der Waals surface area contributed by atoms with Crippen LogP contribution in [0.3, 0.4) is 0 Å². The smallest absolute Gasteiger partial charge is 0.245 e. The van der Waals surface area contributed by atoms with E-state index in [9.17, 15) is 13.6 Å². The zero-order valence-corrected chi connectivity index (χ0v) is 16.3. The molecule has 0 spiro atoms. The number of aromatic nitrogens is 5. The number of aromatic amines is 1. The van der Waals surface area contributed by atoms with Crippen LogP contribution in [0.15, 0.2) is 37.3 Å². The molecule has 3 aromatic rings. The fourth-order valence-electron chi connectivity index (χ4n) is 3.55. The molecule has 1 fully saturated rings. The van der Waals surface area contributed by atoms with E-state index in [4.69, 9.17) is 4.74 Å². The van der Waals surface area contributed by atoms with E-state index in [1.165, 1.54) is 4.90 Å². The lowest BCUT2D eigenvalue weighted by atomic mass is 9.98. The van der Waals surface area contributed by atoms with Crippen molar-refractivity contribution in [3.63, 3.8) is 0 Å². The third-order valence-corrected chi connectivity index (χ3v) is 5.08. The van der Waals surface area contributed by atoms with Crippen LogP contribution in [0.2, 0.25) is 0 Å². The van der Waals surface area contributed by atoms with E-state index in [0.717, 1.165) is 6.08 Å². The van der Waals surface area contributed by atoms with Gasteiger partial charge in [0.15, 0.2) is 0 Å². The highest BCUT2D eigenvalue weighted by Crippen LogP contribution is 2.31. The average Bonchev–Trinajstić information content (AvgIpc) is 3.45. The van der Waals surface area contributed by atoms with Gasteiger partial charge in [0.2, 0.25) is 24.2 Å². The molecule has 0 saturated carbocycles. The summed E-state index contributed by atoms with van der Waals surface area (Å²) in [5.74, 6) is -1.29. The summed E-state index contributed by atoms with van der Waals surface area (Å²) in [4.78, 5) is 25.0. The number of likely N-dealkylation sites (tertiary alicyclic amines) is 1. The fraction of sp³-hybridized carbons (Fsp3) is 0.368. The minimum absolute atomic E-state index is 0.000441. The molecule has 0 radical (unpaired) electrons. The SMILES string of the molecule is C=CC(=O)N1CC(COc2nc(Nc3cnn(C)c3)nc3[nH]ccc23)C(C(F)F)C1. The second kappa shape index (κ2) is 8.09. The highest BCUT2D eigenvalue weighted by Gasteiger charge is 2.40. The Bertz CT molecular complexity index is 1060. The van der Waals surface area contributed by atoms with Gasteiger partial charge in [-0.05, 0) is 12.1 Å². The third kappa shape index (κ3) is 3.95. The number of aryl methyl sites for hydroxylation is 1. The molecule has 2 unspecified atom stereocenters. The standard InChI is InChI=1S/C19H21F2N7O2/c1-3-15(29)28-7-11(14(9-28)16(20)21)10-30-18-13-4-5-22-17(13)25-19(26-18)24-12-6-23-27(2)8-12/h3-6,8,11,14,16H,1,7,9-10H2,2H3,(H2,22,24,25,26). The Balaban J connectivity index is 1.53. The minimum Gasteiger partial charge on any atom is -0.477 e. The first-order valence-electron chi connectivity index (χ1n) is 9.37. The van der Waals surface area contributed by atoms with Gasteiger partial charge in [-0.25, -0.2) is 8.78 Å². The zero-order valence-electron chi connectivity index (χ0n) is 16.3. The highest BCUT2D eigenvalue weighted by atomic mass is 19.3. The molecule has 2 N–H and O–H groups in total. The number of nitrogens with zero attached hydrogens (tertiary/aromatic N) is 5. The number of ether oxygens (including phenoxy) is 1. The van der Waals surface area contributed by atoms with Crippen LogP contribution in [0.4, 0.5) is 20.4 Å². The van der Waals surface area contributed by atoms with Gasteiger partial charge in [0.25, 0.3) is 0 Å². The number of carbonyl (C=O) groups is 1. The molecular formula is C19H21F2N7O2. The summed E-state index contributed by atoms with van der Waals surface area (Å²) in [6.45, 7) is 3.59. The van der Waals surface area contributed by atoms with E-state index in [1.807, 2.05) is 0 Å². The van der Waals surface area contributed by atoms with Crippen molar-refractivity contribution in [1.82, 2.24) is 29.6 Å². The number of amides is 1. The van der Waals surface area contributed by atoms with Crippen LogP contribution in [0.25, 0.3) is 11.0 Å². The molecular weight excluding hydrogens is 396 g/mol. The number of hydrogen-bond acceptors (Lipinski definition) is 6. The lowest BCUT2D eigenvalue weighted by molar-refractivity contribution is -0.125. The second-order valence-electron chi connectivity index (χ2n) is 7.14. The molecule has 4 heterocycles. The molecule has 0 aliphatic carbocycles. The third-order valence-electron chi connectivity index (χ3n) is 5.08. The van der Waals surface area contributed by atoms with Gasteiger partial charge in [-0.1, -0.05) is 6.58 Å². The van der Waals surface area contributed by atoms with Crippen molar-refractivity contribution >= 4 is 28.6 Å². The Labute approximate surface area is 170 Å². The van der Waals surface area contributed by atoms with Gasteiger partial charge in [-0.2, -0.15) is 15.1 Å². The van der Waals surface area contributed by atoms with E-state index in [1.54, 1.807) is 36.4 Å². The van der Waals surface area contributed by atoms with Gasteiger partial charge in [0, 0.05) is 44.4 Å². The summed E-state index contributed by atoms with van der Waals surface area (Å²) in [5.41, 5.74) is 1.24. The van der Waals surface area contributed by atoms with Gasteiger partial charge < -0.3 is 19.9 Å². The molecule has 1 amide bonds. The molecule has 0 aromatic carbocycles. The van der Waals surface area contributed by atoms with Crippen molar-refractivity contribution in [2.75, 3.05) is 25.0 Å². The maximum Gasteiger partial charge on any atom is 0.245 e. The lowest BCUT2D eigenvalue weighted by Gasteiger charge is -2.17. The van der Waals surface area contributed by atoms with Gasteiger partial charge in [-0.15, -0.1) is 0 Å². The van der Waals surface area contributed by atoms with Gasteiger partial charge in [0.1, 0.15) is 5.65 Å². The summed E-state index contributed by atoms with van der Waals surface area (Å²) in [5, 5.41) is 7.76. The number of hydrogen-bond donors (Lipinski definition) is 2. The second-order valence-corrected chi connectivity index (χ2v) is 7.14. The summed E-state index contributed by atoms with van der Waals surface area (Å²) >= 11 is 0. The van der Waals surface area contributed by atoms with Gasteiger partial charge in [-0.3, -0.25) is 9.48 Å². The number of H-pyrrole nitrogens is 1. The van der Waals surface area contributed by atoms with Crippen molar-refractivity contribution in [1.29, 1.82) is 0 Å². The molecule has 3 aromatic heterocycles. The molecule has 1 aliphatic rings. The predicted octanol–water partition coefficient (Wildman–Crippen LogP) is 2.34. The maximum atomic E-state index is 13.5. The van der Waals surface area contributed by atoms with E-state index in [-0.39, 0.29) is 37.4 Å². The predicted molar refractivity (Wildman–Crippen MR) is 106 cm³/mol. The van der Waals surface area contributed by atoms with Crippen molar-refractivity contribution < 1.29 is 18.3 Å². The Hall–Kier alpha value is -3.50. The Kier molecular flexibility index (Phi) is 5.34. The van der Waals surface area contributed by atoms with Crippen LogP contribution >= 0.6 is 0 Å². The van der Waals surface area contributed by atoms with E-state index in [0.29, 0.717) is 16.7 Å². The quantitative estimate of drug-likeness (QED) is 0.573. The Morgan fingerprint density at radius 2 is 2.30 bits per heavy atom. The van der Waals surface area contributed by atoms with Gasteiger partial charge >= 0.3 is 0 Å². The van der Waals surface area contributed by atoms with Crippen molar-refractivity contribution in [3.8, 4) is 5.88 Å². The molecule has 1 saturated heterocycles. The molecule has 9 nitrogen and oxygen atoms in total. The normalized spacial score (nSPS) is 18.9. The van der Waals surface area contributed by atoms with Crippen LogP contribution < -0.4 is 10.1 Å². The first kappa shape index (κ1) is 19.8. The molecule has 11 heteroatoms. The van der Waals surface area contributed by atoms with Crippen molar-refractivity contribution in [2.24, 2.45) is 18.9 Å². The topological polar surface area (TPSA) is 101 Å². The molecule has 0 bridgehead atoms. The number of nitrogens with one attached hydrogen (secondary N) is 2. The summed E-state index contributed by atoms with van der Waals surface area (Å²) in [6.07, 6.45) is 3.67. The molecule has 158 valence electrons. The fourth-order valence-corrected chi connectivity index (χ4v) is 3.55. The first-order valence-corrected chi connectivity index (χ1v) is 9.37. The Morgan fingerprint density at radius 1 is 1.47 bits per heavy atom. The number of rotatable bonds is 7. The van der Waals surface area contributed by atoms with Crippen LogP contribution in [0.5, 0.6) is 5.88 Å². The molecule has 2 atom stereocenters. The van der Waals surface area contributed by atoms with Crippen molar-refractivity contribution in [2.45, 2.75) is 6.43 Å². The largest absolute Gasteiger partial charge is 0.477 e. The van der Waals surface area contributed by atoms with Crippen LogP contribution in [0.1, 0.15) is 0 Å². The lowest BCUT2D eigenvalue weighted by Crippen LogP contribution is -2.27. The summed E-state index contributed by atoms with van der Waals surface area (Å²) in [7, 11) is 1.79. The minimum atomic E-state index is -2.55. The van der Waals surface area contributed by atoms with E-state index in [2.05, 4.69) is 31.9 Å². The Morgan fingerprint density at radius 3 is 3.00 bits per heavy atom. The highest BCUT2D eigenvalue weighted by molar-refractivity contribution is 5.87. The molecule has 30 heavy (non-hydrogen) atoms. The van der Waals surface area contributed by atoms with E-state index < -0.39 is 18.3 Å². The van der Waals surface area contributed by atoms with Gasteiger partial charge in [0.05, 0.1) is 23.9 Å². The molecule has 4 rings (SSSR count). The first-order chi connectivity index (χ1) is 14.4. The van der Waals surface area contributed by atoms with Crippen LogP contribution in [-0.2, 0) is 11.8 Å². The number of alkyl halides is 2.